The van der Waals surface area contributed by atoms with Crippen LogP contribution >= 0.6 is 15.9 Å². The van der Waals surface area contributed by atoms with Gasteiger partial charge in [0.05, 0.1) is 6.54 Å². The number of halogens is 1. The van der Waals surface area contributed by atoms with E-state index in [-0.39, 0.29) is 12.5 Å². The third-order valence-corrected chi connectivity index (χ3v) is 3.26. The minimum Gasteiger partial charge on any atom is -0.492 e. The van der Waals surface area contributed by atoms with Crippen molar-refractivity contribution in [2.45, 2.75) is 19.3 Å². The maximum atomic E-state index is 11.7. The van der Waals surface area contributed by atoms with E-state index in [4.69, 9.17) is 9.84 Å². The molecule has 0 unspecified atom stereocenters. The van der Waals surface area contributed by atoms with Crippen LogP contribution < -0.4 is 4.74 Å². The maximum Gasteiger partial charge on any atom is 0.222 e. The largest absolute Gasteiger partial charge is 0.492 e. The van der Waals surface area contributed by atoms with E-state index < -0.39 is 0 Å². The van der Waals surface area contributed by atoms with Crippen molar-refractivity contribution in [3.8, 4) is 5.75 Å². The molecule has 1 N–H and O–H groups in total. The maximum absolute atomic E-state index is 11.7. The Hall–Kier alpha value is -1.07. The average molecular weight is 330 g/mol. The molecule has 0 aliphatic rings. The molecule has 0 fully saturated rings. The number of rotatable bonds is 8. The van der Waals surface area contributed by atoms with E-state index in [0.29, 0.717) is 26.0 Å². The topological polar surface area (TPSA) is 49.8 Å². The van der Waals surface area contributed by atoms with Gasteiger partial charge in [0.15, 0.2) is 0 Å². The van der Waals surface area contributed by atoms with Gasteiger partial charge in [0, 0.05) is 24.5 Å². The normalized spacial score (nSPS) is 10.3. The Morgan fingerprint density at radius 3 is 2.63 bits per heavy atom. The fourth-order valence-corrected chi connectivity index (χ4v) is 1.80. The van der Waals surface area contributed by atoms with Crippen LogP contribution in [0.15, 0.2) is 28.7 Å². The molecular formula is C14H20BrNO3. The molecule has 0 bridgehead atoms. The number of amides is 1. The molecule has 0 aliphatic heterocycles. The summed E-state index contributed by atoms with van der Waals surface area (Å²) in [5.74, 6) is 0.886. The number of benzene rings is 1. The van der Waals surface area contributed by atoms with Gasteiger partial charge in [0.1, 0.15) is 12.4 Å². The van der Waals surface area contributed by atoms with Crippen molar-refractivity contribution in [2.24, 2.45) is 0 Å². The summed E-state index contributed by atoms with van der Waals surface area (Å²) in [6, 6.07) is 7.60. The SMILES string of the molecule is CN(CCOc1ccc(Br)cc1)C(=O)CCCCO. The fraction of sp³-hybridized carbons (Fsp3) is 0.500. The summed E-state index contributed by atoms with van der Waals surface area (Å²) in [7, 11) is 1.77. The predicted octanol–water partition coefficient (Wildman–Crippen LogP) is 2.45. The fourth-order valence-electron chi connectivity index (χ4n) is 1.53. The molecule has 0 aliphatic carbocycles. The van der Waals surface area contributed by atoms with Crippen molar-refractivity contribution in [1.82, 2.24) is 4.90 Å². The van der Waals surface area contributed by atoms with Crippen LogP contribution in [0.2, 0.25) is 0 Å². The number of likely N-dealkylation sites (N-methyl/N-ethyl adjacent to an activating group) is 1. The number of aliphatic hydroxyl groups excluding tert-OH is 1. The smallest absolute Gasteiger partial charge is 0.222 e. The van der Waals surface area contributed by atoms with Crippen molar-refractivity contribution in [3.63, 3.8) is 0 Å². The van der Waals surface area contributed by atoms with Gasteiger partial charge in [-0.1, -0.05) is 15.9 Å². The van der Waals surface area contributed by atoms with Gasteiger partial charge in [0.2, 0.25) is 5.91 Å². The molecule has 0 heterocycles. The average Bonchev–Trinajstić information content (AvgIpc) is 2.41. The lowest BCUT2D eigenvalue weighted by Crippen LogP contribution is -2.30. The molecule has 5 heteroatoms. The van der Waals surface area contributed by atoms with Gasteiger partial charge in [-0.05, 0) is 37.1 Å². The van der Waals surface area contributed by atoms with Gasteiger partial charge in [-0.2, -0.15) is 0 Å². The van der Waals surface area contributed by atoms with Gasteiger partial charge in [-0.3, -0.25) is 4.79 Å². The summed E-state index contributed by atoms with van der Waals surface area (Å²) in [6.07, 6.45) is 1.89. The van der Waals surface area contributed by atoms with E-state index in [1.165, 1.54) is 0 Å². The summed E-state index contributed by atoms with van der Waals surface area (Å²) < 4.78 is 6.56. The van der Waals surface area contributed by atoms with Gasteiger partial charge >= 0.3 is 0 Å². The van der Waals surface area contributed by atoms with Crippen LogP contribution in [0.25, 0.3) is 0 Å². The second kappa shape index (κ2) is 8.93. The summed E-state index contributed by atoms with van der Waals surface area (Å²) in [6.45, 7) is 1.18. The second-order valence-corrected chi connectivity index (χ2v) is 5.21. The number of nitrogens with zero attached hydrogens (tertiary/aromatic N) is 1. The van der Waals surface area contributed by atoms with Gasteiger partial charge in [-0.25, -0.2) is 0 Å². The first-order chi connectivity index (χ1) is 9.13. The standard InChI is InChI=1S/C14H20BrNO3/c1-16(14(18)4-2-3-10-17)9-11-19-13-7-5-12(15)6-8-13/h5-8,17H,2-4,9-11H2,1H3. The lowest BCUT2D eigenvalue weighted by Gasteiger charge is -2.17. The van der Waals surface area contributed by atoms with E-state index in [1.807, 2.05) is 24.3 Å². The van der Waals surface area contributed by atoms with Crippen LogP contribution in [0.3, 0.4) is 0 Å². The lowest BCUT2D eigenvalue weighted by molar-refractivity contribution is -0.130. The van der Waals surface area contributed by atoms with E-state index >= 15 is 0 Å². The van der Waals surface area contributed by atoms with Crippen molar-refractivity contribution in [3.05, 3.63) is 28.7 Å². The molecule has 0 saturated carbocycles. The Kier molecular flexibility index (Phi) is 7.52. The molecule has 0 atom stereocenters. The second-order valence-electron chi connectivity index (χ2n) is 4.30. The highest BCUT2D eigenvalue weighted by Gasteiger charge is 2.07. The number of aliphatic hydroxyl groups is 1. The van der Waals surface area contributed by atoms with Gasteiger partial charge in [0.25, 0.3) is 0 Å². The molecule has 0 aromatic heterocycles. The Labute approximate surface area is 122 Å². The summed E-state index contributed by atoms with van der Waals surface area (Å²) >= 11 is 3.36. The van der Waals surface area contributed by atoms with Crippen LogP contribution in [0.4, 0.5) is 0 Å². The summed E-state index contributed by atoms with van der Waals surface area (Å²) in [5.41, 5.74) is 0. The van der Waals surface area contributed by atoms with E-state index in [1.54, 1.807) is 11.9 Å². The number of unbranched alkanes of at least 4 members (excludes halogenated alkanes) is 1. The number of carbonyl (C=O) groups excluding carboxylic acids is 1. The zero-order valence-electron chi connectivity index (χ0n) is 11.1. The van der Waals surface area contributed by atoms with Crippen LogP contribution in [-0.4, -0.2) is 42.7 Å². The van der Waals surface area contributed by atoms with Crippen LogP contribution in [0, 0.1) is 0 Å². The zero-order chi connectivity index (χ0) is 14.1. The Morgan fingerprint density at radius 2 is 2.00 bits per heavy atom. The summed E-state index contributed by atoms with van der Waals surface area (Å²) in [4.78, 5) is 13.4. The molecule has 0 saturated heterocycles. The van der Waals surface area contributed by atoms with Gasteiger partial charge in [-0.15, -0.1) is 0 Å². The molecule has 19 heavy (non-hydrogen) atoms. The minimum atomic E-state index is 0.0906. The predicted molar refractivity (Wildman–Crippen MR) is 78.2 cm³/mol. The Bertz CT molecular complexity index is 381. The molecule has 1 aromatic carbocycles. The molecule has 0 radical (unpaired) electrons. The number of carbonyl (C=O) groups is 1. The highest BCUT2D eigenvalue weighted by atomic mass is 79.9. The third-order valence-electron chi connectivity index (χ3n) is 2.73. The molecule has 106 valence electrons. The minimum absolute atomic E-state index is 0.0906. The highest BCUT2D eigenvalue weighted by Crippen LogP contribution is 2.15. The molecule has 1 amide bonds. The lowest BCUT2D eigenvalue weighted by atomic mass is 10.2. The van der Waals surface area contributed by atoms with E-state index in [0.717, 1.165) is 16.6 Å². The van der Waals surface area contributed by atoms with Crippen LogP contribution in [0.1, 0.15) is 19.3 Å². The quantitative estimate of drug-likeness (QED) is 0.745. The highest BCUT2D eigenvalue weighted by molar-refractivity contribution is 9.10. The van der Waals surface area contributed by atoms with Crippen molar-refractivity contribution >= 4 is 21.8 Å². The number of ether oxygens (including phenoxy) is 1. The monoisotopic (exact) mass is 329 g/mol. The van der Waals surface area contributed by atoms with Crippen molar-refractivity contribution in [2.75, 3.05) is 26.8 Å². The van der Waals surface area contributed by atoms with Crippen LogP contribution in [0.5, 0.6) is 5.75 Å². The first kappa shape index (κ1) is 16.0. The van der Waals surface area contributed by atoms with Crippen molar-refractivity contribution < 1.29 is 14.6 Å². The molecule has 1 rings (SSSR count). The Balaban J connectivity index is 2.20. The zero-order valence-corrected chi connectivity index (χ0v) is 12.7. The third kappa shape index (κ3) is 6.59. The first-order valence-electron chi connectivity index (χ1n) is 6.36. The number of hydrogen-bond donors (Lipinski definition) is 1. The van der Waals surface area contributed by atoms with E-state index in [9.17, 15) is 4.79 Å². The van der Waals surface area contributed by atoms with Crippen molar-refractivity contribution in [1.29, 1.82) is 0 Å². The molecular weight excluding hydrogens is 310 g/mol. The first-order valence-corrected chi connectivity index (χ1v) is 7.16. The molecule has 0 spiro atoms. The summed E-state index contributed by atoms with van der Waals surface area (Å²) in [5, 5.41) is 8.66. The Morgan fingerprint density at radius 1 is 1.32 bits per heavy atom. The van der Waals surface area contributed by atoms with E-state index in [2.05, 4.69) is 15.9 Å². The molecule has 1 aromatic rings. The molecule has 4 nitrogen and oxygen atoms in total. The van der Waals surface area contributed by atoms with Gasteiger partial charge < -0.3 is 14.7 Å². The number of hydrogen-bond acceptors (Lipinski definition) is 3. The van der Waals surface area contributed by atoms with Crippen LogP contribution in [-0.2, 0) is 4.79 Å².